The van der Waals surface area contributed by atoms with E-state index in [1.807, 2.05) is 20.8 Å². The highest BCUT2D eigenvalue weighted by Gasteiger charge is 2.30. The van der Waals surface area contributed by atoms with Gasteiger partial charge in [-0.25, -0.2) is 14.2 Å². The number of nitrogens with zero attached hydrogens (tertiary/aromatic N) is 2. The first-order valence-corrected chi connectivity index (χ1v) is 8.51. The number of carbonyl (C=O) groups excluding carboxylic acids is 1. The number of benzene rings is 1. The molecule has 5 nitrogen and oxygen atoms in total. The number of carbonyl (C=O) groups is 1. The number of likely N-dealkylation sites (tertiary alicyclic amines) is 1. The molecule has 2 heterocycles. The van der Waals surface area contributed by atoms with Crippen molar-refractivity contribution < 1.29 is 18.3 Å². The SMILES string of the molecule is CC(C)(C)OC(=O)N1CCCC(c2ncc(-c3ccc(F)cc3)o2)C1. The molecule has 2 aromatic rings. The molecular weight excluding hydrogens is 323 g/mol. The number of amides is 1. The molecule has 1 amide bonds. The van der Waals surface area contributed by atoms with Gasteiger partial charge in [0, 0.05) is 18.7 Å². The van der Waals surface area contributed by atoms with Gasteiger partial charge in [0.25, 0.3) is 0 Å². The maximum Gasteiger partial charge on any atom is 0.410 e. The van der Waals surface area contributed by atoms with Gasteiger partial charge in [0.1, 0.15) is 11.4 Å². The van der Waals surface area contributed by atoms with Gasteiger partial charge >= 0.3 is 6.09 Å². The zero-order valence-electron chi connectivity index (χ0n) is 14.8. The standard InChI is InChI=1S/C19H23FN2O3/c1-19(2,3)25-18(23)22-10-4-5-14(12-22)17-21-11-16(24-17)13-6-8-15(20)9-7-13/h6-9,11,14H,4-5,10,12H2,1-3H3. The number of hydrogen-bond donors (Lipinski definition) is 0. The number of hydrogen-bond acceptors (Lipinski definition) is 4. The number of rotatable bonds is 2. The van der Waals surface area contributed by atoms with E-state index in [2.05, 4.69) is 4.98 Å². The highest BCUT2D eigenvalue weighted by Crippen LogP contribution is 2.30. The van der Waals surface area contributed by atoms with Crippen molar-refractivity contribution in [1.82, 2.24) is 9.88 Å². The molecule has 0 saturated carbocycles. The second kappa shape index (κ2) is 6.86. The molecule has 0 radical (unpaired) electrons. The summed E-state index contributed by atoms with van der Waals surface area (Å²) in [6.07, 6.45) is 3.12. The Hall–Kier alpha value is -2.37. The van der Waals surface area contributed by atoms with Crippen LogP contribution in [0.1, 0.15) is 45.4 Å². The molecule has 25 heavy (non-hydrogen) atoms. The van der Waals surface area contributed by atoms with E-state index in [0.717, 1.165) is 18.4 Å². The third-order valence-corrected chi connectivity index (χ3v) is 4.07. The Morgan fingerprint density at radius 3 is 2.72 bits per heavy atom. The van der Waals surface area contributed by atoms with Crippen molar-refractivity contribution in [2.24, 2.45) is 0 Å². The molecule has 1 saturated heterocycles. The summed E-state index contributed by atoms with van der Waals surface area (Å²) in [5, 5.41) is 0. The lowest BCUT2D eigenvalue weighted by atomic mass is 9.98. The van der Waals surface area contributed by atoms with Crippen LogP contribution in [0.25, 0.3) is 11.3 Å². The Labute approximate surface area is 146 Å². The Bertz CT molecular complexity index is 734. The van der Waals surface area contributed by atoms with Crippen molar-refractivity contribution in [3.8, 4) is 11.3 Å². The molecule has 134 valence electrons. The highest BCUT2D eigenvalue weighted by molar-refractivity contribution is 5.68. The summed E-state index contributed by atoms with van der Waals surface area (Å²) in [4.78, 5) is 18.3. The van der Waals surface area contributed by atoms with Crippen LogP contribution in [0.15, 0.2) is 34.9 Å². The summed E-state index contributed by atoms with van der Waals surface area (Å²) in [7, 11) is 0. The molecule has 6 heteroatoms. The van der Waals surface area contributed by atoms with Crippen LogP contribution in [-0.4, -0.2) is 34.7 Å². The van der Waals surface area contributed by atoms with E-state index in [-0.39, 0.29) is 17.8 Å². The minimum Gasteiger partial charge on any atom is -0.444 e. The van der Waals surface area contributed by atoms with Gasteiger partial charge in [-0.3, -0.25) is 0 Å². The highest BCUT2D eigenvalue weighted by atomic mass is 19.1. The summed E-state index contributed by atoms with van der Waals surface area (Å²) < 4.78 is 24.4. The summed E-state index contributed by atoms with van der Waals surface area (Å²) in [5.74, 6) is 0.955. The average molecular weight is 346 g/mol. The minimum atomic E-state index is -0.511. The lowest BCUT2D eigenvalue weighted by Crippen LogP contribution is -2.42. The normalized spacial score (nSPS) is 18.2. The monoisotopic (exact) mass is 346 g/mol. The molecule has 0 N–H and O–H groups in total. The topological polar surface area (TPSA) is 55.6 Å². The number of halogens is 1. The predicted octanol–water partition coefficient (Wildman–Crippen LogP) is 4.60. The average Bonchev–Trinajstić information content (AvgIpc) is 3.04. The summed E-state index contributed by atoms with van der Waals surface area (Å²) in [5.41, 5.74) is 0.267. The van der Waals surface area contributed by atoms with E-state index in [1.54, 1.807) is 23.2 Å². The second-order valence-corrected chi connectivity index (χ2v) is 7.34. The molecule has 1 fully saturated rings. The van der Waals surface area contributed by atoms with Crippen LogP contribution < -0.4 is 0 Å². The van der Waals surface area contributed by atoms with Crippen LogP contribution in [0, 0.1) is 5.82 Å². The quantitative estimate of drug-likeness (QED) is 0.798. The molecule has 1 aliphatic rings. The minimum absolute atomic E-state index is 0.0375. The second-order valence-electron chi connectivity index (χ2n) is 7.34. The van der Waals surface area contributed by atoms with Crippen molar-refractivity contribution in [2.75, 3.05) is 13.1 Å². The predicted molar refractivity (Wildman–Crippen MR) is 91.7 cm³/mol. The Balaban J connectivity index is 1.70. The van der Waals surface area contributed by atoms with Gasteiger partial charge in [-0.15, -0.1) is 0 Å². The van der Waals surface area contributed by atoms with E-state index < -0.39 is 5.60 Å². The molecule has 1 unspecified atom stereocenters. The van der Waals surface area contributed by atoms with Gasteiger partial charge < -0.3 is 14.1 Å². The zero-order valence-corrected chi connectivity index (χ0v) is 14.8. The third-order valence-electron chi connectivity index (χ3n) is 4.07. The molecule has 1 aromatic heterocycles. The summed E-state index contributed by atoms with van der Waals surface area (Å²) in [6.45, 7) is 6.77. The van der Waals surface area contributed by atoms with Crippen molar-refractivity contribution >= 4 is 6.09 Å². The molecular formula is C19H23FN2O3. The molecule has 1 aliphatic heterocycles. The molecule has 0 bridgehead atoms. The van der Waals surface area contributed by atoms with E-state index in [0.29, 0.717) is 24.7 Å². The molecule has 3 rings (SSSR count). The fraction of sp³-hybridized carbons (Fsp3) is 0.474. The van der Waals surface area contributed by atoms with Crippen LogP contribution in [0.2, 0.25) is 0 Å². The van der Waals surface area contributed by atoms with E-state index in [1.165, 1.54) is 12.1 Å². The van der Waals surface area contributed by atoms with Crippen LogP contribution in [0.3, 0.4) is 0 Å². The van der Waals surface area contributed by atoms with E-state index >= 15 is 0 Å². The van der Waals surface area contributed by atoms with Crippen molar-refractivity contribution in [2.45, 2.75) is 45.1 Å². The maximum absolute atomic E-state index is 13.0. The van der Waals surface area contributed by atoms with Gasteiger partial charge in [0.05, 0.1) is 12.1 Å². The first-order valence-electron chi connectivity index (χ1n) is 8.51. The number of aromatic nitrogens is 1. The number of oxazole rings is 1. The Morgan fingerprint density at radius 1 is 1.32 bits per heavy atom. The summed E-state index contributed by atoms with van der Waals surface area (Å²) in [6, 6.07) is 6.10. The number of piperidine rings is 1. The zero-order chi connectivity index (χ0) is 18.0. The van der Waals surface area contributed by atoms with Crippen LogP contribution in [0.4, 0.5) is 9.18 Å². The van der Waals surface area contributed by atoms with Gasteiger partial charge in [-0.05, 0) is 57.9 Å². The first kappa shape index (κ1) is 17.5. The van der Waals surface area contributed by atoms with Gasteiger partial charge in [-0.1, -0.05) is 0 Å². The fourth-order valence-corrected chi connectivity index (χ4v) is 2.89. The van der Waals surface area contributed by atoms with Crippen molar-refractivity contribution in [3.05, 3.63) is 42.2 Å². The van der Waals surface area contributed by atoms with Crippen LogP contribution in [0.5, 0.6) is 0 Å². The maximum atomic E-state index is 13.0. The van der Waals surface area contributed by atoms with E-state index in [9.17, 15) is 9.18 Å². The smallest absolute Gasteiger partial charge is 0.410 e. The van der Waals surface area contributed by atoms with Crippen molar-refractivity contribution in [3.63, 3.8) is 0 Å². The lowest BCUT2D eigenvalue weighted by molar-refractivity contribution is 0.0191. The summed E-state index contributed by atoms with van der Waals surface area (Å²) >= 11 is 0. The van der Waals surface area contributed by atoms with Gasteiger partial charge in [0.2, 0.25) is 0 Å². The first-order chi connectivity index (χ1) is 11.8. The fourth-order valence-electron chi connectivity index (χ4n) is 2.89. The van der Waals surface area contributed by atoms with Gasteiger partial charge in [-0.2, -0.15) is 0 Å². The molecule has 1 atom stereocenters. The Kier molecular flexibility index (Phi) is 4.79. The third kappa shape index (κ3) is 4.38. The lowest BCUT2D eigenvalue weighted by Gasteiger charge is -2.32. The molecule has 0 spiro atoms. The largest absolute Gasteiger partial charge is 0.444 e. The molecule has 1 aromatic carbocycles. The Morgan fingerprint density at radius 2 is 2.04 bits per heavy atom. The molecule has 0 aliphatic carbocycles. The van der Waals surface area contributed by atoms with Crippen LogP contribution in [-0.2, 0) is 4.74 Å². The van der Waals surface area contributed by atoms with Gasteiger partial charge in [0.15, 0.2) is 11.7 Å². The number of ether oxygens (including phenoxy) is 1. The van der Waals surface area contributed by atoms with Crippen LogP contribution >= 0.6 is 0 Å². The van der Waals surface area contributed by atoms with Crippen molar-refractivity contribution in [1.29, 1.82) is 0 Å². The van der Waals surface area contributed by atoms with E-state index in [4.69, 9.17) is 9.15 Å².